The summed E-state index contributed by atoms with van der Waals surface area (Å²) < 4.78 is 40.2. The van der Waals surface area contributed by atoms with E-state index in [1.165, 1.54) is 50.9 Å². The first-order valence-electron chi connectivity index (χ1n) is 11.6. The van der Waals surface area contributed by atoms with Gasteiger partial charge in [0.05, 0.1) is 34.7 Å². The Balaban J connectivity index is 1.68. The van der Waals surface area contributed by atoms with Gasteiger partial charge in [0, 0.05) is 24.6 Å². The maximum atomic E-state index is 13.7. The Hall–Kier alpha value is -3.65. The minimum atomic E-state index is -4.40. The van der Waals surface area contributed by atoms with Crippen molar-refractivity contribution < 1.29 is 22.5 Å². The third kappa shape index (κ3) is 4.50. The number of hydrogen-bond acceptors (Lipinski definition) is 9. The summed E-state index contributed by atoms with van der Waals surface area (Å²) in [6.45, 7) is 7.28. The van der Waals surface area contributed by atoms with Gasteiger partial charge in [-0.25, -0.2) is 0 Å². The van der Waals surface area contributed by atoms with Crippen LogP contribution in [0.5, 0.6) is 5.75 Å². The van der Waals surface area contributed by atoms with E-state index in [4.69, 9.17) is 4.74 Å². The van der Waals surface area contributed by atoms with Crippen molar-refractivity contribution in [1.82, 2.24) is 4.57 Å². The van der Waals surface area contributed by atoms with E-state index in [0.717, 1.165) is 15.6 Å². The zero-order chi connectivity index (χ0) is 28.2. The number of hydrazone groups is 1. The van der Waals surface area contributed by atoms with Crippen molar-refractivity contribution in [3.05, 3.63) is 74.2 Å². The Bertz CT molecular complexity index is 1890. The number of fused-ring (bicyclic) bond motifs is 1. The molecule has 13 heteroatoms. The number of aryl methyl sites for hydroxylation is 1. The molecule has 0 aliphatic carbocycles. The molecule has 0 bridgehead atoms. The van der Waals surface area contributed by atoms with Crippen molar-refractivity contribution in [2.24, 2.45) is 5.10 Å². The molecule has 0 unspecified atom stereocenters. The van der Waals surface area contributed by atoms with Gasteiger partial charge in [-0.3, -0.25) is 18.7 Å². The Morgan fingerprint density at radius 3 is 2.51 bits per heavy atom. The summed E-state index contributed by atoms with van der Waals surface area (Å²) in [5.74, 6) is 0.253. The van der Waals surface area contributed by atoms with Gasteiger partial charge in [0.1, 0.15) is 20.0 Å². The van der Waals surface area contributed by atoms with Gasteiger partial charge in [-0.2, -0.15) is 18.5 Å². The number of allylic oxidation sites excluding steroid dienone is 1. The van der Waals surface area contributed by atoms with Crippen LogP contribution in [0.1, 0.15) is 12.5 Å². The number of carbonyl (C=O) groups is 1. The van der Waals surface area contributed by atoms with Crippen LogP contribution < -0.4 is 29.4 Å². The Labute approximate surface area is 232 Å². The summed E-state index contributed by atoms with van der Waals surface area (Å²) in [6, 6.07) is 9.61. The number of aromatic nitrogens is 1. The zero-order valence-electron chi connectivity index (χ0n) is 21.5. The van der Waals surface area contributed by atoms with E-state index in [0.29, 0.717) is 31.9 Å². The molecule has 3 heterocycles. The second-order valence-corrected chi connectivity index (χ2v) is 12.3. The van der Waals surface area contributed by atoms with Crippen LogP contribution in [0.15, 0.2) is 68.7 Å². The summed E-state index contributed by atoms with van der Waals surface area (Å²) in [4.78, 5) is 30.0. The Kier molecular flexibility index (Phi) is 6.79. The molecule has 1 N–H and O–H groups in total. The van der Waals surface area contributed by atoms with E-state index < -0.39 is 16.0 Å². The molecule has 2 aromatic carbocycles. The molecule has 0 saturated carbocycles. The number of hydrogen-bond donors (Lipinski definition) is 1. The highest BCUT2D eigenvalue weighted by Crippen LogP contribution is 2.46. The second-order valence-electron chi connectivity index (χ2n) is 8.84. The Morgan fingerprint density at radius 1 is 1.13 bits per heavy atom. The highest BCUT2D eigenvalue weighted by Gasteiger charge is 2.33. The molecule has 1 amide bonds. The van der Waals surface area contributed by atoms with E-state index in [1.54, 1.807) is 27.0 Å². The lowest BCUT2D eigenvalue weighted by Gasteiger charge is -2.15. The summed E-state index contributed by atoms with van der Waals surface area (Å²) >= 11 is 2.69. The van der Waals surface area contributed by atoms with E-state index in [9.17, 15) is 22.6 Å². The van der Waals surface area contributed by atoms with Crippen LogP contribution >= 0.6 is 23.1 Å². The summed E-state index contributed by atoms with van der Waals surface area (Å²) in [5.41, 5.74) is 2.14. The number of benzene rings is 2. The first-order chi connectivity index (χ1) is 18.5. The quantitative estimate of drug-likeness (QED) is 0.359. The van der Waals surface area contributed by atoms with Crippen LogP contribution in [-0.4, -0.2) is 43.3 Å². The lowest BCUT2D eigenvalue weighted by Crippen LogP contribution is -2.35. The predicted molar refractivity (Wildman–Crippen MR) is 154 cm³/mol. The van der Waals surface area contributed by atoms with Gasteiger partial charge in [0.2, 0.25) is 0 Å². The molecule has 10 nitrogen and oxygen atoms in total. The lowest BCUT2D eigenvalue weighted by atomic mass is 10.1. The maximum Gasteiger partial charge on any atom is 0.294 e. The van der Waals surface area contributed by atoms with Crippen molar-refractivity contribution in [3.8, 4) is 5.75 Å². The molecule has 0 spiro atoms. The number of thiazole rings is 1. The molecule has 2 aliphatic heterocycles. The number of ether oxygens (including phenoxy) is 1. The van der Waals surface area contributed by atoms with Gasteiger partial charge in [0.15, 0.2) is 0 Å². The molecule has 0 fully saturated rings. The van der Waals surface area contributed by atoms with E-state index in [-0.39, 0.29) is 22.6 Å². The fraction of sp³-hybridized carbons (Fsp3) is 0.192. The lowest BCUT2D eigenvalue weighted by molar-refractivity contribution is -0.112. The average molecular weight is 585 g/mol. The zero-order valence-corrected chi connectivity index (χ0v) is 23.9. The van der Waals surface area contributed by atoms with Crippen molar-refractivity contribution in [2.75, 3.05) is 24.1 Å². The van der Waals surface area contributed by atoms with Crippen LogP contribution in [0.3, 0.4) is 0 Å². The molecule has 0 saturated heterocycles. The van der Waals surface area contributed by atoms with Crippen LogP contribution in [0, 0.1) is 6.92 Å². The monoisotopic (exact) mass is 584 g/mol. The number of amides is 1. The van der Waals surface area contributed by atoms with Gasteiger partial charge >= 0.3 is 0 Å². The third-order valence-electron chi connectivity index (χ3n) is 6.35. The molecular formula is C26H24N4O6S3. The van der Waals surface area contributed by atoms with Crippen molar-refractivity contribution in [2.45, 2.75) is 30.2 Å². The van der Waals surface area contributed by atoms with Gasteiger partial charge in [-0.05, 0) is 49.7 Å². The maximum absolute atomic E-state index is 13.7. The predicted octanol–water partition coefficient (Wildman–Crippen LogP) is 2.54. The SMILES string of the molecule is C=CCn1c(=C2C(=O)N(c3ccc(S(=O)(=O)O)cc3C)N=C2C)sc(=C2Sc3ccc(OC)cc3N2C)c1=O. The number of thioether (sulfide) groups is 1. The van der Waals surface area contributed by atoms with Crippen molar-refractivity contribution >= 4 is 66.8 Å². The first-order valence-corrected chi connectivity index (χ1v) is 14.7. The van der Waals surface area contributed by atoms with Crippen LogP contribution in [0.25, 0.3) is 10.6 Å². The molecule has 5 rings (SSSR count). The van der Waals surface area contributed by atoms with Crippen molar-refractivity contribution in [1.29, 1.82) is 0 Å². The summed E-state index contributed by atoms with van der Waals surface area (Å²) in [6.07, 6.45) is 1.60. The van der Waals surface area contributed by atoms with Gasteiger partial charge < -0.3 is 9.64 Å². The van der Waals surface area contributed by atoms with E-state index >= 15 is 0 Å². The minimum Gasteiger partial charge on any atom is -0.497 e. The molecule has 0 radical (unpaired) electrons. The number of methoxy groups -OCH3 is 1. The number of anilines is 2. The standard InChI is InChI=1S/C26H24N4O6S3/c1-6-11-29-24(32)22(26-28(4)19-13-16(36-5)7-10-20(19)37-26)38-25(29)21-15(3)27-30(23(21)31)18-9-8-17(12-14(18)2)39(33,34)35/h6-10,12-13H,1,11H2,2-5H3,(H,33,34,35). The fourth-order valence-electron chi connectivity index (χ4n) is 4.42. The van der Waals surface area contributed by atoms with Gasteiger partial charge in [-0.1, -0.05) is 17.8 Å². The minimum absolute atomic E-state index is 0.194. The Morgan fingerprint density at radius 2 is 1.87 bits per heavy atom. The van der Waals surface area contributed by atoms with E-state index in [2.05, 4.69) is 11.7 Å². The van der Waals surface area contributed by atoms with Crippen LogP contribution in [0.4, 0.5) is 11.4 Å². The second kappa shape index (κ2) is 9.83. The normalized spacial score (nSPS) is 18.0. The van der Waals surface area contributed by atoms with Gasteiger partial charge in [-0.15, -0.1) is 17.9 Å². The third-order valence-corrected chi connectivity index (χ3v) is 9.76. The number of carbonyl (C=O) groups excluding carboxylic acids is 1. The first kappa shape index (κ1) is 26.9. The smallest absolute Gasteiger partial charge is 0.294 e. The molecule has 0 atom stereocenters. The highest BCUT2D eigenvalue weighted by atomic mass is 32.2. The average Bonchev–Trinajstić information content (AvgIpc) is 3.49. The molecule has 39 heavy (non-hydrogen) atoms. The van der Waals surface area contributed by atoms with E-state index in [1.807, 2.05) is 30.1 Å². The fourth-order valence-corrected chi connectivity index (χ4v) is 7.52. The molecular weight excluding hydrogens is 561 g/mol. The van der Waals surface area contributed by atoms with Crippen molar-refractivity contribution in [3.63, 3.8) is 0 Å². The molecule has 202 valence electrons. The van der Waals surface area contributed by atoms with Crippen LogP contribution in [0.2, 0.25) is 0 Å². The highest BCUT2D eigenvalue weighted by molar-refractivity contribution is 8.08. The molecule has 1 aromatic heterocycles. The largest absolute Gasteiger partial charge is 0.497 e. The number of rotatable bonds is 5. The summed E-state index contributed by atoms with van der Waals surface area (Å²) in [7, 11) is -0.921. The topological polar surface area (TPSA) is 122 Å². The van der Waals surface area contributed by atoms with Crippen LogP contribution in [-0.2, 0) is 21.5 Å². The van der Waals surface area contributed by atoms with Gasteiger partial charge in [0.25, 0.3) is 21.6 Å². The molecule has 3 aromatic rings. The summed E-state index contributed by atoms with van der Waals surface area (Å²) in [5, 5.41) is 6.36. The number of nitrogens with zero attached hydrogens (tertiary/aromatic N) is 4. The molecule has 2 aliphatic rings.